The lowest BCUT2D eigenvalue weighted by atomic mass is 9.90. The first-order valence-corrected chi connectivity index (χ1v) is 10.9. The topological polar surface area (TPSA) is 78.4 Å². The number of halogens is 4. The van der Waals surface area contributed by atoms with Gasteiger partial charge < -0.3 is 15.7 Å². The molecule has 0 aliphatic carbocycles. The number of hydrogen-bond acceptors (Lipinski definition) is 2. The number of nitrogens with one attached hydrogen (secondary N) is 2. The molecule has 0 bridgehead atoms. The van der Waals surface area contributed by atoms with E-state index < -0.39 is 42.0 Å². The molecule has 1 atom stereocenters. The fourth-order valence-corrected chi connectivity index (χ4v) is 3.76. The van der Waals surface area contributed by atoms with Crippen LogP contribution in [0.5, 0.6) is 0 Å². The number of hydrogen-bond donors (Lipinski definition) is 3. The van der Waals surface area contributed by atoms with Crippen LogP contribution in [0.2, 0.25) is 0 Å². The quantitative estimate of drug-likeness (QED) is 0.336. The summed E-state index contributed by atoms with van der Waals surface area (Å²) in [7, 11) is 0. The molecule has 5 nitrogen and oxygen atoms in total. The molecule has 2 amide bonds. The summed E-state index contributed by atoms with van der Waals surface area (Å²) >= 11 is 0. The van der Waals surface area contributed by atoms with Crippen molar-refractivity contribution >= 4 is 12.0 Å². The molecule has 3 rings (SSSR count). The Morgan fingerprint density at radius 2 is 1.69 bits per heavy atom. The van der Waals surface area contributed by atoms with E-state index in [-0.39, 0.29) is 35.2 Å². The molecule has 0 aromatic heterocycles. The van der Waals surface area contributed by atoms with Crippen molar-refractivity contribution in [2.75, 3.05) is 0 Å². The van der Waals surface area contributed by atoms with E-state index in [0.717, 1.165) is 29.8 Å². The third kappa shape index (κ3) is 7.05. The Bertz CT molecular complexity index is 1200. The number of rotatable bonds is 8. The van der Waals surface area contributed by atoms with Crippen molar-refractivity contribution in [3.63, 3.8) is 0 Å². The van der Waals surface area contributed by atoms with Gasteiger partial charge in [0.1, 0.15) is 5.82 Å². The van der Waals surface area contributed by atoms with Crippen molar-refractivity contribution in [2.45, 2.75) is 38.5 Å². The molecular weight excluding hydrogens is 464 g/mol. The minimum Gasteiger partial charge on any atom is -0.481 e. The van der Waals surface area contributed by atoms with Gasteiger partial charge in [-0.3, -0.25) is 4.79 Å². The number of aliphatic carboxylic acids is 1. The van der Waals surface area contributed by atoms with Gasteiger partial charge in [-0.2, -0.15) is 13.2 Å². The third-order valence-corrected chi connectivity index (χ3v) is 5.39. The van der Waals surface area contributed by atoms with Crippen LogP contribution in [0.4, 0.5) is 22.4 Å². The smallest absolute Gasteiger partial charge is 0.416 e. The van der Waals surface area contributed by atoms with E-state index >= 15 is 0 Å². The van der Waals surface area contributed by atoms with Crippen molar-refractivity contribution in [3.05, 3.63) is 94.8 Å². The normalized spacial score (nSPS) is 12.1. The number of carbonyl (C=O) groups is 2. The maximum Gasteiger partial charge on any atom is 0.416 e. The van der Waals surface area contributed by atoms with Crippen molar-refractivity contribution in [2.24, 2.45) is 0 Å². The van der Waals surface area contributed by atoms with Crippen molar-refractivity contribution in [1.29, 1.82) is 0 Å². The zero-order valence-corrected chi connectivity index (χ0v) is 18.8. The van der Waals surface area contributed by atoms with Crippen LogP contribution < -0.4 is 10.6 Å². The molecule has 0 heterocycles. The molecule has 0 radical (unpaired) electrons. The first-order valence-electron chi connectivity index (χ1n) is 10.9. The molecule has 3 N–H and O–H groups in total. The minimum absolute atomic E-state index is 0.143. The van der Waals surface area contributed by atoms with E-state index in [2.05, 4.69) is 10.6 Å². The molecule has 35 heavy (non-hydrogen) atoms. The Morgan fingerprint density at radius 1 is 0.971 bits per heavy atom. The Morgan fingerprint density at radius 3 is 2.31 bits per heavy atom. The predicted molar refractivity (Wildman–Crippen MR) is 123 cm³/mol. The van der Waals surface area contributed by atoms with E-state index in [1.807, 2.05) is 30.3 Å². The minimum atomic E-state index is -4.63. The molecule has 0 fully saturated rings. The van der Waals surface area contributed by atoms with Gasteiger partial charge >= 0.3 is 18.2 Å². The Labute approximate surface area is 199 Å². The summed E-state index contributed by atoms with van der Waals surface area (Å²) in [6, 6.07) is 14.3. The van der Waals surface area contributed by atoms with E-state index in [4.69, 9.17) is 5.11 Å². The third-order valence-electron chi connectivity index (χ3n) is 5.39. The fraction of sp³-hybridized carbons (Fsp3) is 0.231. The largest absolute Gasteiger partial charge is 0.481 e. The number of alkyl halides is 3. The number of amides is 2. The highest BCUT2D eigenvalue weighted by molar-refractivity contribution is 5.77. The summed E-state index contributed by atoms with van der Waals surface area (Å²) < 4.78 is 54.7. The Hall–Kier alpha value is -3.88. The highest BCUT2D eigenvalue weighted by Crippen LogP contribution is 2.37. The lowest BCUT2D eigenvalue weighted by molar-refractivity contribution is -0.138. The molecule has 0 saturated carbocycles. The van der Waals surface area contributed by atoms with E-state index in [9.17, 15) is 27.2 Å². The zero-order valence-electron chi connectivity index (χ0n) is 18.8. The molecule has 0 aliphatic heterocycles. The molecular formula is C26H24F4N2O3. The van der Waals surface area contributed by atoms with Crippen LogP contribution in [0.3, 0.4) is 0 Å². The second-order valence-corrected chi connectivity index (χ2v) is 7.99. The van der Waals surface area contributed by atoms with Crippen LogP contribution in [0.25, 0.3) is 11.1 Å². The van der Waals surface area contributed by atoms with Gasteiger partial charge in [0.25, 0.3) is 0 Å². The summed E-state index contributed by atoms with van der Waals surface area (Å²) in [4.78, 5) is 23.6. The molecule has 184 valence electrons. The number of carboxylic acids is 1. The predicted octanol–water partition coefficient (Wildman–Crippen LogP) is 6.09. The number of carboxylic acid groups (broad SMARTS) is 1. The van der Waals surface area contributed by atoms with Crippen LogP contribution in [0.15, 0.2) is 66.7 Å². The van der Waals surface area contributed by atoms with Gasteiger partial charge in [0.15, 0.2) is 0 Å². The number of urea groups is 1. The monoisotopic (exact) mass is 488 g/mol. The zero-order chi connectivity index (χ0) is 25.6. The lowest BCUT2D eigenvalue weighted by Gasteiger charge is -2.23. The second kappa shape index (κ2) is 11.0. The SMILES string of the molecule is CCC(NC(=O)NCc1ccccc1)c1cc(C(F)(F)F)ccc1-c1cc(F)cc(CC(=O)O)c1. The van der Waals surface area contributed by atoms with E-state index in [1.54, 1.807) is 6.92 Å². The van der Waals surface area contributed by atoms with Gasteiger partial charge in [0.2, 0.25) is 0 Å². The lowest BCUT2D eigenvalue weighted by Crippen LogP contribution is -2.37. The second-order valence-electron chi connectivity index (χ2n) is 7.99. The molecule has 3 aromatic rings. The molecule has 3 aromatic carbocycles. The van der Waals surface area contributed by atoms with Gasteiger partial charge in [0.05, 0.1) is 18.0 Å². The summed E-state index contributed by atoms with van der Waals surface area (Å²) in [6.45, 7) is 1.93. The number of benzene rings is 3. The fourth-order valence-electron chi connectivity index (χ4n) is 3.76. The van der Waals surface area contributed by atoms with Crippen LogP contribution >= 0.6 is 0 Å². The summed E-state index contributed by atoms with van der Waals surface area (Å²) in [5.74, 6) is -1.89. The average molecular weight is 488 g/mol. The molecule has 0 aliphatic rings. The summed E-state index contributed by atoms with van der Waals surface area (Å²) in [5, 5.41) is 14.4. The maximum atomic E-state index is 14.3. The molecule has 0 spiro atoms. The molecule has 0 saturated heterocycles. The van der Waals surface area contributed by atoms with Crippen molar-refractivity contribution in [1.82, 2.24) is 10.6 Å². The van der Waals surface area contributed by atoms with Crippen molar-refractivity contribution in [3.8, 4) is 11.1 Å². The van der Waals surface area contributed by atoms with Crippen LogP contribution in [0.1, 0.15) is 41.6 Å². The van der Waals surface area contributed by atoms with Crippen LogP contribution in [-0.4, -0.2) is 17.1 Å². The number of carbonyl (C=O) groups excluding carboxylic acids is 1. The van der Waals surface area contributed by atoms with Gasteiger partial charge in [-0.05, 0) is 58.5 Å². The first-order chi connectivity index (χ1) is 16.6. The molecule has 1 unspecified atom stereocenters. The average Bonchev–Trinajstić information content (AvgIpc) is 2.80. The first kappa shape index (κ1) is 25.7. The summed E-state index contributed by atoms with van der Waals surface area (Å²) in [6.07, 6.45) is -4.82. The van der Waals surface area contributed by atoms with Gasteiger partial charge in [-0.25, -0.2) is 9.18 Å². The summed E-state index contributed by atoms with van der Waals surface area (Å²) in [5.41, 5.74) is 0.725. The van der Waals surface area contributed by atoms with Gasteiger partial charge in [0, 0.05) is 6.54 Å². The standard InChI is InChI=1S/C26H24F4N2O3/c1-2-23(32-25(35)31-15-16-6-4-3-5-7-16)22-14-19(26(28,29)30)8-9-21(22)18-10-17(12-24(33)34)11-20(27)13-18/h3-11,13-14,23H,2,12,15H2,1H3,(H,33,34)(H2,31,32,35). The van der Waals surface area contributed by atoms with Crippen LogP contribution in [0, 0.1) is 5.82 Å². The Kier molecular flexibility index (Phi) is 8.11. The van der Waals surface area contributed by atoms with Crippen molar-refractivity contribution < 1.29 is 32.3 Å². The van der Waals surface area contributed by atoms with E-state index in [0.29, 0.717) is 0 Å². The highest BCUT2D eigenvalue weighted by atomic mass is 19.4. The van der Waals surface area contributed by atoms with Gasteiger partial charge in [-0.1, -0.05) is 49.4 Å². The van der Waals surface area contributed by atoms with Crippen LogP contribution in [-0.2, 0) is 23.9 Å². The molecule has 9 heteroatoms. The maximum absolute atomic E-state index is 14.3. The van der Waals surface area contributed by atoms with Gasteiger partial charge in [-0.15, -0.1) is 0 Å². The van der Waals surface area contributed by atoms with E-state index in [1.165, 1.54) is 12.1 Å². The Balaban J connectivity index is 1.97. The highest BCUT2D eigenvalue weighted by Gasteiger charge is 2.32.